The van der Waals surface area contributed by atoms with Crippen LogP contribution in [0.3, 0.4) is 0 Å². The zero-order valence-electron chi connectivity index (χ0n) is 18.6. The van der Waals surface area contributed by atoms with Crippen LogP contribution in [0.15, 0.2) is 42.5 Å². The molecule has 2 atom stereocenters. The fourth-order valence-corrected chi connectivity index (χ4v) is 4.49. The summed E-state index contributed by atoms with van der Waals surface area (Å²) < 4.78 is 32.3. The summed E-state index contributed by atoms with van der Waals surface area (Å²) in [6.07, 6.45) is 1.48. The lowest BCUT2D eigenvalue weighted by Gasteiger charge is -2.32. The van der Waals surface area contributed by atoms with Crippen LogP contribution in [0.4, 0.5) is 5.69 Å². The van der Waals surface area contributed by atoms with Crippen LogP contribution in [0.2, 0.25) is 0 Å². The molecule has 0 radical (unpaired) electrons. The molecule has 6 nitrogen and oxygen atoms in total. The second-order valence-corrected chi connectivity index (χ2v) is 9.67. The Labute approximate surface area is 180 Å². The Hall–Kier alpha value is -2.54. The molecule has 0 heterocycles. The maximum Gasteiger partial charge on any atom is 0.244 e. The molecule has 2 aromatic rings. The van der Waals surface area contributed by atoms with Gasteiger partial charge < -0.3 is 10.1 Å². The van der Waals surface area contributed by atoms with Crippen molar-refractivity contribution in [2.24, 2.45) is 0 Å². The quantitative estimate of drug-likeness (QED) is 0.655. The van der Waals surface area contributed by atoms with Crippen LogP contribution in [0.1, 0.15) is 37.0 Å². The average Bonchev–Trinajstić information content (AvgIpc) is 2.66. The number of amides is 1. The van der Waals surface area contributed by atoms with E-state index in [1.54, 1.807) is 13.0 Å². The molecular formula is C23H32N2O4S. The van der Waals surface area contributed by atoms with Gasteiger partial charge >= 0.3 is 0 Å². The van der Waals surface area contributed by atoms with E-state index in [1.165, 1.54) is 4.31 Å². The Balaban J connectivity index is 2.17. The van der Waals surface area contributed by atoms with E-state index in [4.69, 9.17) is 4.74 Å². The predicted octanol–water partition coefficient (Wildman–Crippen LogP) is 3.74. The molecule has 2 rings (SSSR count). The van der Waals surface area contributed by atoms with Crippen LogP contribution in [0, 0.1) is 20.8 Å². The van der Waals surface area contributed by atoms with Gasteiger partial charge in [0, 0.05) is 0 Å². The summed E-state index contributed by atoms with van der Waals surface area (Å²) in [5, 5.41) is 2.90. The van der Waals surface area contributed by atoms with Crippen molar-refractivity contribution in [1.82, 2.24) is 5.32 Å². The number of rotatable bonds is 9. The molecule has 7 heteroatoms. The minimum atomic E-state index is -3.67. The molecule has 1 amide bonds. The van der Waals surface area contributed by atoms with Crippen molar-refractivity contribution in [3.63, 3.8) is 0 Å². The van der Waals surface area contributed by atoms with Gasteiger partial charge in [0.2, 0.25) is 15.9 Å². The van der Waals surface area contributed by atoms with Crippen molar-refractivity contribution in [3.8, 4) is 5.75 Å². The van der Waals surface area contributed by atoms with E-state index in [0.29, 0.717) is 12.1 Å². The second kappa shape index (κ2) is 9.98. The number of ether oxygens (including phenoxy) is 1. The van der Waals surface area contributed by atoms with E-state index < -0.39 is 16.1 Å². The standard InChI is InChI=1S/C23H32N2O4S/c1-7-21(25(30(6,27)28)22-14-17(3)8-11-18(22)4)23(26)24-19(5)15-29-20-12-9-16(2)10-13-20/h8-14,19,21H,7,15H2,1-6H3,(H,24,26)/t19-,21-/m0/s1. The van der Waals surface area contributed by atoms with Gasteiger partial charge in [-0.2, -0.15) is 0 Å². The van der Waals surface area contributed by atoms with Gasteiger partial charge in [0.05, 0.1) is 18.0 Å². The Bertz CT molecular complexity index is 971. The first-order valence-electron chi connectivity index (χ1n) is 10.1. The number of nitrogens with zero attached hydrogens (tertiary/aromatic N) is 1. The van der Waals surface area contributed by atoms with Gasteiger partial charge in [0.25, 0.3) is 0 Å². The second-order valence-electron chi connectivity index (χ2n) is 7.81. The molecule has 0 bridgehead atoms. The molecule has 0 unspecified atom stereocenters. The third kappa shape index (κ3) is 6.23. The van der Waals surface area contributed by atoms with Crippen LogP contribution < -0.4 is 14.4 Å². The number of aryl methyl sites for hydroxylation is 3. The minimum Gasteiger partial charge on any atom is -0.491 e. The summed E-state index contributed by atoms with van der Waals surface area (Å²) in [5.41, 5.74) is 3.40. The predicted molar refractivity (Wildman–Crippen MR) is 122 cm³/mol. The highest BCUT2D eigenvalue weighted by Gasteiger charge is 2.33. The molecular weight excluding hydrogens is 400 g/mol. The number of sulfonamides is 1. The van der Waals surface area contributed by atoms with Gasteiger partial charge in [-0.1, -0.05) is 36.8 Å². The van der Waals surface area contributed by atoms with Crippen LogP contribution in [0.5, 0.6) is 5.75 Å². The number of benzene rings is 2. The Morgan fingerprint density at radius 1 is 1.07 bits per heavy atom. The van der Waals surface area contributed by atoms with Crippen LogP contribution in [-0.4, -0.2) is 39.3 Å². The van der Waals surface area contributed by atoms with Gasteiger partial charge in [0.1, 0.15) is 18.4 Å². The Kier molecular flexibility index (Phi) is 7.89. The molecule has 0 saturated heterocycles. The normalized spacial score (nSPS) is 13.4. The molecule has 30 heavy (non-hydrogen) atoms. The lowest BCUT2D eigenvalue weighted by atomic mass is 10.1. The summed E-state index contributed by atoms with van der Waals surface area (Å²) >= 11 is 0. The SMILES string of the molecule is CC[C@@H](C(=O)N[C@@H](C)COc1ccc(C)cc1)N(c1cc(C)ccc1C)S(C)(=O)=O. The molecule has 1 N–H and O–H groups in total. The van der Waals surface area contributed by atoms with E-state index in [1.807, 2.05) is 64.1 Å². The number of carbonyl (C=O) groups is 1. The zero-order valence-corrected chi connectivity index (χ0v) is 19.4. The Morgan fingerprint density at radius 3 is 2.23 bits per heavy atom. The lowest BCUT2D eigenvalue weighted by Crippen LogP contribution is -2.52. The van der Waals surface area contributed by atoms with E-state index in [9.17, 15) is 13.2 Å². The van der Waals surface area contributed by atoms with Crippen molar-refractivity contribution in [1.29, 1.82) is 0 Å². The number of nitrogens with one attached hydrogen (secondary N) is 1. The fraction of sp³-hybridized carbons (Fsp3) is 0.435. The van der Waals surface area contributed by atoms with E-state index >= 15 is 0 Å². The minimum absolute atomic E-state index is 0.284. The van der Waals surface area contributed by atoms with Crippen LogP contribution >= 0.6 is 0 Å². The monoisotopic (exact) mass is 432 g/mol. The first-order chi connectivity index (χ1) is 14.0. The highest BCUT2D eigenvalue weighted by Crippen LogP contribution is 2.27. The smallest absolute Gasteiger partial charge is 0.244 e. The first-order valence-corrected chi connectivity index (χ1v) is 11.9. The molecule has 0 aromatic heterocycles. The number of hydrogen-bond donors (Lipinski definition) is 1. The highest BCUT2D eigenvalue weighted by molar-refractivity contribution is 7.92. The average molecular weight is 433 g/mol. The van der Waals surface area contributed by atoms with Gasteiger partial charge in [0.15, 0.2) is 0 Å². The zero-order chi connectivity index (χ0) is 22.5. The molecule has 0 aliphatic heterocycles. The largest absolute Gasteiger partial charge is 0.491 e. The summed E-state index contributed by atoms with van der Waals surface area (Å²) in [6, 6.07) is 12.1. The summed E-state index contributed by atoms with van der Waals surface area (Å²) in [6.45, 7) is 9.67. The van der Waals surface area contributed by atoms with E-state index in [0.717, 1.165) is 28.7 Å². The fourth-order valence-electron chi connectivity index (χ4n) is 3.23. The maximum absolute atomic E-state index is 13.0. The van der Waals surface area contributed by atoms with Gasteiger partial charge in [-0.15, -0.1) is 0 Å². The molecule has 0 fully saturated rings. The van der Waals surface area contributed by atoms with Crippen molar-refractivity contribution in [3.05, 3.63) is 59.2 Å². The van der Waals surface area contributed by atoms with Crippen molar-refractivity contribution in [2.75, 3.05) is 17.2 Å². The third-order valence-electron chi connectivity index (χ3n) is 4.84. The summed E-state index contributed by atoms with van der Waals surface area (Å²) in [4.78, 5) is 13.0. The van der Waals surface area contributed by atoms with Crippen molar-refractivity contribution < 1.29 is 17.9 Å². The third-order valence-corrected chi connectivity index (χ3v) is 6.01. The van der Waals surface area contributed by atoms with Crippen molar-refractivity contribution >= 4 is 21.6 Å². The molecule has 2 aromatic carbocycles. The summed E-state index contributed by atoms with van der Waals surface area (Å²) in [7, 11) is -3.67. The van der Waals surface area contributed by atoms with E-state index in [-0.39, 0.29) is 18.6 Å². The van der Waals surface area contributed by atoms with Gasteiger partial charge in [-0.3, -0.25) is 9.10 Å². The molecule has 0 aliphatic rings. The van der Waals surface area contributed by atoms with E-state index in [2.05, 4.69) is 5.32 Å². The maximum atomic E-state index is 13.0. The topological polar surface area (TPSA) is 75.7 Å². The number of hydrogen-bond acceptors (Lipinski definition) is 4. The summed E-state index contributed by atoms with van der Waals surface area (Å²) in [5.74, 6) is 0.380. The van der Waals surface area contributed by atoms with Crippen LogP contribution in [0.25, 0.3) is 0 Å². The van der Waals surface area contributed by atoms with Crippen molar-refractivity contribution in [2.45, 2.75) is 53.1 Å². The molecule has 0 saturated carbocycles. The molecule has 0 spiro atoms. The van der Waals surface area contributed by atoms with Gasteiger partial charge in [-0.05, 0) is 63.4 Å². The Morgan fingerprint density at radius 2 is 1.67 bits per heavy atom. The number of anilines is 1. The number of carbonyl (C=O) groups excluding carboxylic acids is 1. The lowest BCUT2D eigenvalue weighted by molar-refractivity contribution is -0.123. The van der Waals surface area contributed by atoms with Crippen LogP contribution in [-0.2, 0) is 14.8 Å². The molecule has 0 aliphatic carbocycles. The highest BCUT2D eigenvalue weighted by atomic mass is 32.2. The first kappa shape index (κ1) is 23.7. The molecule has 164 valence electrons. The van der Waals surface area contributed by atoms with Gasteiger partial charge in [-0.25, -0.2) is 8.42 Å².